The van der Waals surface area contributed by atoms with Crippen molar-refractivity contribution >= 4 is 5.91 Å². The summed E-state index contributed by atoms with van der Waals surface area (Å²) in [6.45, 7) is 4.89. The van der Waals surface area contributed by atoms with Gasteiger partial charge in [0.15, 0.2) is 0 Å². The summed E-state index contributed by atoms with van der Waals surface area (Å²) in [4.78, 5) is 16.2. The molecule has 1 fully saturated rings. The van der Waals surface area contributed by atoms with Gasteiger partial charge in [0.25, 0.3) is 5.91 Å². The van der Waals surface area contributed by atoms with Gasteiger partial charge in [0.05, 0.1) is 5.56 Å². The molecule has 0 atom stereocenters. The Morgan fingerprint density at radius 2 is 2.00 bits per heavy atom. The third-order valence-corrected chi connectivity index (χ3v) is 3.43. The van der Waals surface area contributed by atoms with E-state index in [1.807, 2.05) is 7.05 Å². The van der Waals surface area contributed by atoms with Gasteiger partial charge in [-0.25, -0.2) is 4.39 Å². The van der Waals surface area contributed by atoms with Crippen molar-refractivity contribution in [1.82, 2.24) is 9.80 Å². The van der Waals surface area contributed by atoms with Crippen LogP contribution < -0.4 is 0 Å². The molecule has 0 N–H and O–H groups in total. The molecule has 0 spiro atoms. The molecule has 18 heavy (non-hydrogen) atoms. The van der Waals surface area contributed by atoms with Crippen molar-refractivity contribution < 1.29 is 9.18 Å². The molecule has 0 unspecified atom stereocenters. The Labute approximate surface area is 107 Å². The van der Waals surface area contributed by atoms with Gasteiger partial charge in [0.1, 0.15) is 5.82 Å². The molecule has 0 radical (unpaired) electrons. The summed E-state index contributed by atoms with van der Waals surface area (Å²) in [5.74, 6) is -0.577. The van der Waals surface area contributed by atoms with Crippen LogP contribution in [-0.2, 0) is 0 Å². The molecule has 1 heterocycles. The smallest absolute Gasteiger partial charge is 0.256 e. The third-order valence-electron chi connectivity index (χ3n) is 3.43. The minimum absolute atomic E-state index is 0.188. The first-order chi connectivity index (χ1) is 8.59. The lowest BCUT2D eigenvalue weighted by Crippen LogP contribution is -2.35. The molecule has 1 amide bonds. The van der Waals surface area contributed by atoms with Gasteiger partial charge in [-0.2, -0.15) is 0 Å². The Morgan fingerprint density at radius 1 is 1.22 bits per heavy atom. The van der Waals surface area contributed by atoms with E-state index in [2.05, 4.69) is 4.90 Å². The van der Waals surface area contributed by atoms with Crippen LogP contribution in [0.2, 0.25) is 0 Å². The molecule has 1 aromatic carbocycles. The first-order valence-corrected chi connectivity index (χ1v) is 6.32. The number of carbonyl (C=O) groups excluding carboxylic acids is 1. The fraction of sp³-hybridized carbons (Fsp3) is 0.500. The highest BCUT2D eigenvalue weighted by Crippen LogP contribution is 2.15. The lowest BCUT2D eigenvalue weighted by Gasteiger charge is -2.21. The van der Waals surface area contributed by atoms with E-state index in [-0.39, 0.29) is 17.3 Å². The summed E-state index contributed by atoms with van der Waals surface area (Å²) >= 11 is 0. The van der Waals surface area contributed by atoms with Crippen molar-refractivity contribution in [3.05, 3.63) is 35.1 Å². The Bertz CT molecular complexity index is 447. The molecule has 1 aliphatic rings. The molecule has 0 aromatic heterocycles. The van der Waals surface area contributed by atoms with E-state index >= 15 is 0 Å². The van der Waals surface area contributed by atoms with E-state index < -0.39 is 0 Å². The van der Waals surface area contributed by atoms with Gasteiger partial charge in [-0.05, 0) is 38.6 Å². The topological polar surface area (TPSA) is 23.6 Å². The standard InChI is InChI=1S/C14H19FN2O/c1-11-5-3-6-12(13(11)15)14(18)17-8-4-7-16(2)9-10-17/h3,5-6H,4,7-10H2,1-2H3. The van der Waals surface area contributed by atoms with Crippen molar-refractivity contribution in [2.45, 2.75) is 13.3 Å². The van der Waals surface area contributed by atoms with Crippen molar-refractivity contribution in [3.8, 4) is 0 Å². The minimum Gasteiger partial charge on any atom is -0.337 e. The van der Waals surface area contributed by atoms with Crippen LogP contribution >= 0.6 is 0 Å². The number of nitrogens with zero attached hydrogens (tertiary/aromatic N) is 2. The summed E-state index contributed by atoms with van der Waals surface area (Å²) in [6.07, 6.45) is 0.940. The Kier molecular flexibility index (Phi) is 3.97. The van der Waals surface area contributed by atoms with Crippen LogP contribution in [-0.4, -0.2) is 48.9 Å². The Balaban J connectivity index is 2.18. The van der Waals surface area contributed by atoms with Gasteiger partial charge >= 0.3 is 0 Å². The highest BCUT2D eigenvalue weighted by molar-refractivity contribution is 5.94. The van der Waals surface area contributed by atoms with Crippen LogP contribution in [0.25, 0.3) is 0 Å². The zero-order valence-corrected chi connectivity index (χ0v) is 10.9. The molecular formula is C14H19FN2O. The van der Waals surface area contributed by atoms with Crippen LogP contribution in [0.1, 0.15) is 22.3 Å². The summed E-state index contributed by atoms with van der Waals surface area (Å²) in [6, 6.07) is 4.98. The van der Waals surface area contributed by atoms with Crippen molar-refractivity contribution in [1.29, 1.82) is 0 Å². The monoisotopic (exact) mass is 250 g/mol. The predicted octanol–water partition coefficient (Wildman–Crippen LogP) is 1.91. The van der Waals surface area contributed by atoms with Crippen LogP contribution in [0.4, 0.5) is 4.39 Å². The van der Waals surface area contributed by atoms with Crippen LogP contribution in [0.15, 0.2) is 18.2 Å². The quantitative estimate of drug-likeness (QED) is 0.760. The zero-order chi connectivity index (χ0) is 13.1. The lowest BCUT2D eigenvalue weighted by molar-refractivity contribution is 0.0758. The normalized spacial score (nSPS) is 17.6. The molecule has 3 nitrogen and oxygen atoms in total. The second-order valence-corrected chi connectivity index (χ2v) is 4.89. The first-order valence-electron chi connectivity index (χ1n) is 6.32. The van der Waals surface area contributed by atoms with Gasteiger partial charge < -0.3 is 9.80 Å². The highest BCUT2D eigenvalue weighted by atomic mass is 19.1. The predicted molar refractivity (Wildman–Crippen MR) is 69.2 cm³/mol. The second-order valence-electron chi connectivity index (χ2n) is 4.89. The number of benzene rings is 1. The maximum atomic E-state index is 13.9. The number of halogens is 1. The molecule has 98 valence electrons. The second kappa shape index (κ2) is 5.48. The Morgan fingerprint density at radius 3 is 2.78 bits per heavy atom. The number of rotatable bonds is 1. The molecule has 1 aliphatic heterocycles. The van der Waals surface area contributed by atoms with E-state index in [1.165, 1.54) is 0 Å². The number of likely N-dealkylation sites (N-methyl/N-ethyl adjacent to an activating group) is 1. The number of amides is 1. The molecule has 1 saturated heterocycles. The van der Waals surface area contributed by atoms with Gasteiger partial charge in [-0.3, -0.25) is 4.79 Å². The summed E-state index contributed by atoms with van der Waals surface area (Å²) in [5.41, 5.74) is 0.715. The van der Waals surface area contributed by atoms with Crippen LogP contribution in [0, 0.1) is 12.7 Å². The van der Waals surface area contributed by atoms with E-state index in [4.69, 9.17) is 0 Å². The minimum atomic E-state index is -0.389. The van der Waals surface area contributed by atoms with E-state index in [9.17, 15) is 9.18 Å². The van der Waals surface area contributed by atoms with Crippen molar-refractivity contribution in [3.63, 3.8) is 0 Å². The number of hydrogen-bond donors (Lipinski definition) is 0. The molecule has 1 aromatic rings. The highest BCUT2D eigenvalue weighted by Gasteiger charge is 2.21. The third kappa shape index (κ3) is 2.70. The summed E-state index contributed by atoms with van der Waals surface area (Å²) in [5, 5.41) is 0. The Hall–Kier alpha value is -1.42. The van der Waals surface area contributed by atoms with Gasteiger partial charge in [-0.1, -0.05) is 12.1 Å². The van der Waals surface area contributed by atoms with Gasteiger partial charge in [0.2, 0.25) is 0 Å². The van der Waals surface area contributed by atoms with Gasteiger partial charge in [0, 0.05) is 19.6 Å². The fourth-order valence-corrected chi connectivity index (χ4v) is 2.23. The molecule has 0 bridgehead atoms. The maximum absolute atomic E-state index is 13.9. The molecule has 0 saturated carbocycles. The van der Waals surface area contributed by atoms with E-state index in [0.717, 1.165) is 19.5 Å². The fourth-order valence-electron chi connectivity index (χ4n) is 2.23. The lowest BCUT2D eigenvalue weighted by atomic mass is 10.1. The maximum Gasteiger partial charge on any atom is 0.256 e. The SMILES string of the molecule is Cc1cccc(C(=O)N2CCCN(C)CC2)c1F. The number of carbonyl (C=O) groups is 1. The molecule has 2 rings (SSSR count). The summed E-state index contributed by atoms with van der Waals surface area (Å²) in [7, 11) is 2.04. The first kappa shape index (κ1) is 13.0. The van der Waals surface area contributed by atoms with Crippen molar-refractivity contribution in [2.75, 3.05) is 33.2 Å². The number of hydrogen-bond acceptors (Lipinski definition) is 2. The van der Waals surface area contributed by atoms with E-state index in [0.29, 0.717) is 18.7 Å². The largest absolute Gasteiger partial charge is 0.337 e. The zero-order valence-electron chi connectivity index (χ0n) is 10.9. The summed E-state index contributed by atoms with van der Waals surface area (Å²) < 4.78 is 13.9. The molecule has 4 heteroatoms. The number of aryl methyl sites for hydroxylation is 1. The van der Waals surface area contributed by atoms with E-state index in [1.54, 1.807) is 30.0 Å². The molecule has 0 aliphatic carbocycles. The average Bonchev–Trinajstić information content (AvgIpc) is 2.57. The van der Waals surface area contributed by atoms with Crippen LogP contribution in [0.5, 0.6) is 0 Å². The van der Waals surface area contributed by atoms with Gasteiger partial charge in [-0.15, -0.1) is 0 Å². The van der Waals surface area contributed by atoms with Crippen molar-refractivity contribution in [2.24, 2.45) is 0 Å². The van der Waals surface area contributed by atoms with Crippen LogP contribution in [0.3, 0.4) is 0 Å². The molecular weight excluding hydrogens is 231 g/mol. The average molecular weight is 250 g/mol.